The summed E-state index contributed by atoms with van der Waals surface area (Å²) >= 11 is 15.4. The summed E-state index contributed by atoms with van der Waals surface area (Å²) < 4.78 is 6.39. The lowest BCUT2D eigenvalue weighted by Gasteiger charge is -2.30. The van der Waals surface area contributed by atoms with Crippen molar-refractivity contribution in [3.63, 3.8) is 0 Å². The highest BCUT2D eigenvalue weighted by Gasteiger charge is 2.27. The Morgan fingerprint density at radius 3 is 2.90 bits per heavy atom. The number of hydrogen-bond acceptors (Lipinski definition) is 5. The SMILES string of the molecule is O=C(Nc1ccc(Cl)c(Cl)c1)C1CCCN(Cc2nc(-c3cccc(Br)c3)no2)C1. The highest BCUT2D eigenvalue weighted by atomic mass is 79.9. The largest absolute Gasteiger partial charge is 0.338 e. The Morgan fingerprint density at radius 2 is 2.10 bits per heavy atom. The standard InChI is InChI=1S/C21H19BrCl2N4O2/c22-15-5-1-3-13(9-15)20-26-19(30-27-20)12-28-8-2-4-14(11-28)21(29)25-16-6-7-17(23)18(24)10-16/h1,3,5-7,9-10,14H,2,4,8,11-12H2,(H,25,29). The summed E-state index contributed by atoms with van der Waals surface area (Å²) in [6.45, 7) is 2.02. The van der Waals surface area contributed by atoms with E-state index >= 15 is 0 Å². The second-order valence-corrected chi connectivity index (χ2v) is 8.94. The second-order valence-electron chi connectivity index (χ2n) is 7.21. The number of amides is 1. The molecule has 1 aliphatic rings. The molecule has 0 bridgehead atoms. The number of hydrogen-bond donors (Lipinski definition) is 1. The molecule has 2 heterocycles. The van der Waals surface area contributed by atoms with Crippen molar-refractivity contribution in [2.75, 3.05) is 18.4 Å². The zero-order chi connectivity index (χ0) is 21.1. The fourth-order valence-corrected chi connectivity index (χ4v) is 4.18. The molecule has 6 nitrogen and oxygen atoms in total. The van der Waals surface area contributed by atoms with E-state index in [2.05, 4.69) is 36.3 Å². The monoisotopic (exact) mass is 508 g/mol. The van der Waals surface area contributed by atoms with E-state index in [1.54, 1.807) is 18.2 Å². The smallest absolute Gasteiger partial charge is 0.241 e. The zero-order valence-corrected chi connectivity index (χ0v) is 19.0. The van der Waals surface area contributed by atoms with Gasteiger partial charge in [0, 0.05) is 22.3 Å². The number of carbonyl (C=O) groups excluding carboxylic acids is 1. The van der Waals surface area contributed by atoms with Crippen LogP contribution in [0.2, 0.25) is 10.0 Å². The maximum absolute atomic E-state index is 12.7. The van der Waals surface area contributed by atoms with Crippen LogP contribution in [0, 0.1) is 5.92 Å². The van der Waals surface area contributed by atoms with Crippen molar-refractivity contribution in [1.82, 2.24) is 15.0 Å². The summed E-state index contributed by atoms with van der Waals surface area (Å²) in [5, 5.41) is 7.89. The number of piperidine rings is 1. The summed E-state index contributed by atoms with van der Waals surface area (Å²) in [5.41, 5.74) is 1.53. The third-order valence-corrected chi connectivity index (χ3v) is 6.21. The van der Waals surface area contributed by atoms with Crippen molar-refractivity contribution in [1.29, 1.82) is 0 Å². The van der Waals surface area contributed by atoms with Gasteiger partial charge in [-0.2, -0.15) is 4.98 Å². The Kier molecular flexibility index (Phi) is 6.73. The predicted molar refractivity (Wildman–Crippen MR) is 121 cm³/mol. The molecule has 0 saturated carbocycles. The molecular weight excluding hydrogens is 491 g/mol. The van der Waals surface area contributed by atoms with Crippen LogP contribution in [0.15, 0.2) is 51.5 Å². The van der Waals surface area contributed by atoms with Crippen LogP contribution in [0.3, 0.4) is 0 Å². The van der Waals surface area contributed by atoms with Crippen LogP contribution in [-0.2, 0) is 11.3 Å². The first kappa shape index (κ1) is 21.3. The molecule has 30 heavy (non-hydrogen) atoms. The molecule has 4 rings (SSSR count). The van der Waals surface area contributed by atoms with Gasteiger partial charge in [-0.1, -0.05) is 56.4 Å². The van der Waals surface area contributed by atoms with E-state index in [0.29, 0.717) is 40.5 Å². The first-order valence-electron chi connectivity index (χ1n) is 9.55. The first-order valence-corrected chi connectivity index (χ1v) is 11.1. The number of aromatic nitrogens is 2. The zero-order valence-electron chi connectivity index (χ0n) is 15.9. The number of benzene rings is 2. The van der Waals surface area contributed by atoms with E-state index in [4.69, 9.17) is 27.7 Å². The van der Waals surface area contributed by atoms with Crippen molar-refractivity contribution < 1.29 is 9.32 Å². The molecule has 1 aromatic heterocycles. The van der Waals surface area contributed by atoms with E-state index in [-0.39, 0.29) is 11.8 Å². The van der Waals surface area contributed by atoms with Gasteiger partial charge in [0.05, 0.1) is 22.5 Å². The number of rotatable bonds is 5. The van der Waals surface area contributed by atoms with Crippen LogP contribution >= 0.6 is 39.1 Å². The maximum Gasteiger partial charge on any atom is 0.241 e. The molecule has 1 fully saturated rings. The summed E-state index contributed by atoms with van der Waals surface area (Å²) in [5.74, 6) is 0.937. The summed E-state index contributed by atoms with van der Waals surface area (Å²) in [4.78, 5) is 19.4. The van der Waals surface area contributed by atoms with Gasteiger partial charge in [0.15, 0.2) is 0 Å². The third-order valence-electron chi connectivity index (χ3n) is 4.97. The van der Waals surface area contributed by atoms with Gasteiger partial charge >= 0.3 is 0 Å². The average molecular weight is 510 g/mol. The molecule has 1 amide bonds. The molecule has 2 aromatic carbocycles. The molecular formula is C21H19BrCl2N4O2. The van der Waals surface area contributed by atoms with Crippen molar-refractivity contribution in [3.8, 4) is 11.4 Å². The summed E-state index contributed by atoms with van der Waals surface area (Å²) in [7, 11) is 0. The normalized spacial score (nSPS) is 17.1. The van der Waals surface area contributed by atoms with Crippen LogP contribution in [0.5, 0.6) is 0 Å². The van der Waals surface area contributed by atoms with Crippen LogP contribution in [0.25, 0.3) is 11.4 Å². The third kappa shape index (κ3) is 5.21. The van der Waals surface area contributed by atoms with E-state index in [1.165, 1.54) is 0 Å². The number of nitrogens with zero attached hydrogens (tertiary/aromatic N) is 3. The molecule has 1 atom stereocenters. The van der Waals surface area contributed by atoms with Gasteiger partial charge in [0.2, 0.25) is 17.6 Å². The number of likely N-dealkylation sites (tertiary alicyclic amines) is 1. The van der Waals surface area contributed by atoms with Crippen LogP contribution in [0.1, 0.15) is 18.7 Å². The molecule has 1 unspecified atom stereocenters. The van der Waals surface area contributed by atoms with Crippen LogP contribution < -0.4 is 5.32 Å². The Bertz CT molecular complexity index is 1060. The van der Waals surface area contributed by atoms with Gasteiger partial charge in [-0.3, -0.25) is 9.69 Å². The molecule has 1 N–H and O–H groups in total. The van der Waals surface area contributed by atoms with Gasteiger partial charge in [-0.15, -0.1) is 0 Å². The maximum atomic E-state index is 12.7. The number of nitrogens with one attached hydrogen (secondary N) is 1. The molecule has 0 aliphatic carbocycles. The fraction of sp³-hybridized carbons (Fsp3) is 0.286. The Balaban J connectivity index is 1.37. The van der Waals surface area contributed by atoms with Gasteiger partial charge in [0.25, 0.3) is 0 Å². The van der Waals surface area contributed by atoms with Crippen molar-refractivity contribution in [3.05, 3.63) is 62.9 Å². The first-order chi connectivity index (χ1) is 14.5. The van der Waals surface area contributed by atoms with Crippen LogP contribution in [-0.4, -0.2) is 34.0 Å². The molecule has 1 saturated heterocycles. The Hall–Kier alpha value is -1.93. The highest BCUT2D eigenvalue weighted by molar-refractivity contribution is 9.10. The minimum Gasteiger partial charge on any atom is -0.338 e. The number of carbonyl (C=O) groups is 1. The second kappa shape index (κ2) is 9.47. The molecule has 1 aliphatic heterocycles. The Labute approximate surface area is 192 Å². The van der Waals surface area contributed by atoms with E-state index in [1.807, 2.05) is 24.3 Å². The minimum atomic E-state index is -0.124. The van der Waals surface area contributed by atoms with Crippen molar-refractivity contribution in [2.24, 2.45) is 5.92 Å². The van der Waals surface area contributed by atoms with Gasteiger partial charge in [0.1, 0.15) is 0 Å². The molecule has 0 spiro atoms. The lowest BCUT2D eigenvalue weighted by molar-refractivity contribution is -0.121. The molecule has 0 radical (unpaired) electrons. The summed E-state index contributed by atoms with van der Waals surface area (Å²) in [6.07, 6.45) is 1.75. The van der Waals surface area contributed by atoms with Gasteiger partial charge in [-0.05, 0) is 49.7 Å². The topological polar surface area (TPSA) is 71.3 Å². The quantitative estimate of drug-likeness (QED) is 0.480. The molecule has 9 heteroatoms. The minimum absolute atomic E-state index is 0.0292. The average Bonchev–Trinajstić information content (AvgIpc) is 3.19. The number of halogens is 3. The summed E-state index contributed by atoms with van der Waals surface area (Å²) in [6, 6.07) is 12.8. The molecule has 3 aromatic rings. The van der Waals surface area contributed by atoms with Crippen LogP contribution in [0.4, 0.5) is 5.69 Å². The Morgan fingerprint density at radius 1 is 1.23 bits per heavy atom. The lowest BCUT2D eigenvalue weighted by Crippen LogP contribution is -2.40. The molecule has 156 valence electrons. The lowest BCUT2D eigenvalue weighted by atomic mass is 9.97. The van der Waals surface area contributed by atoms with E-state index in [9.17, 15) is 4.79 Å². The highest BCUT2D eigenvalue weighted by Crippen LogP contribution is 2.27. The predicted octanol–water partition coefficient (Wildman–Crippen LogP) is 5.66. The van der Waals surface area contributed by atoms with Crippen molar-refractivity contribution >= 4 is 50.7 Å². The van der Waals surface area contributed by atoms with Crippen molar-refractivity contribution in [2.45, 2.75) is 19.4 Å². The van der Waals surface area contributed by atoms with E-state index < -0.39 is 0 Å². The number of anilines is 1. The van der Waals surface area contributed by atoms with Gasteiger partial charge in [-0.25, -0.2) is 0 Å². The van der Waals surface area contributed by atoms with E-state index in [0.717, 1.165) is 29.4 Å². The fourth-order valence-electron chi connectivity index (χ4n) is 3.49. The van der Waals surface area contributed by atoms with Gasteiger partial charge < -0.3 is 9.84 Å².